The lowest BCUT2D eigenvalue weighted by molar-refractivity contribution is -0.385. The molecule has 1 aromatic heterocycles. The van der Waals surface area contributed by atoms with E-state index < -0.39 is 4.92 Å². The van der Waals surface area contributed by atoms with E-state index in [2.05, 4.69) is 26.2 Å². The Balaban J connectivity index is 2.21. The zero-order valence-electron chi connectivity index (χ0n) is 10.7. The van der Waals surface area contributed by atoms with Crippen LogP contribution in [-0.4, -0.2) is 22.0 Å². The Hall–Kier alpha value is -1.21. The van der Waals surface area contributed by atoms with E-state index in [1.54, 1.807) is 6.92 Å². The first-order valence-electron chi connectivity index (χ1n) is 6.32. The molecule has 19 heavy (non-hydrogen) atoms. The third-order valence-electron chi connectivity index (χ3n) is 3.58. The Kier molecular flexibility index (Phi) is 4.36. The molecular weight excluding hydrogens is 312 g/mol. The monoisotopic (exact) mass is 328 g/mol. The summed E-state index contributed by atoms with van der Waals surface area (Å²) in [5.74, 6) is 0.630. The maximum absolute atomic E-state index is 10.8. The fraction of sp³-hybridized carbons (Fsp3) is 0.583. The molecule has 6 nitrogen and oxygen atoms in total. The van der Waals surface area contributed by atoms with Crippen LogP contribution < -0.4 is 11.1 Å². The van der Waals surface area contributed by atoms with Crippen LogP contribution in [0.25, 0.3) is 0 Å². The molecule has 0 amide bonds. The van der Waals surface area contributed by atoms with Gasteiger partial charge < -0.3 is 11.1 Å². The second-order valence-electron chi connectivity index (χ2n) is 4.89. The topological polar surface area (TPSA) is 94.1 Å². The summed E-state index contributed by atoms with van der Waals surface area (Å²) in [6.45, 7) is 1.70. The molecule has 0 bridgehead atoms. The summed E-state index contributed by atoms with van der Waals surface area (Å²) in [7, 11) is 0. The largest absolute Gasteiger partial charge is 0.365 e. The number of rotatable bonds is 3. The molecule has 1 aliphatic rings. The molecule has 0 aromatic carbocycles. The first-order valence-corrected chi connectivity index (χ1v) is 7.11. The van der Waals surface area contributed by atoms with Gasteiger partial charge in [0.25, 0.3) is 5.69 Å². The standard InChI is InChI=1S/C12H17BrN4O2/c1-7-10(17(18)19)6-15-12(11(7)13)16-9-5-3-2-4-8(9)14/h6,8-9H,2-5,14H2,1H3,(H,15,16). The van der Waals surface area contributed by atoms with Gasteiger partial charge in [-0.1, -0.05) is 12.8 Å². The molecule has 2 rings (SSSR count). The molecule has 1 heterocycles. The maximum atomic E-state index is 10.8. The van der Waals surface area contributed by atoms with Crippen molar-refractivity contribution in [1.82, 2.24) is 4.98 Å². The van der Waals surface area contributed by atoms with Gasteiger partial charge in [-0.3, -0.25) is 10.1 Å². The predicted octanol–water partition coefficient (Wildman–Crippen LogP) is 2.74. The molecule has 3 N–H and O–H groups in total. The molecule has 0 aliphatic heterocycles. The number of nitrogens with zero attached hydrogens (tertiary/aromatic N) is 2. The number of aromatic nitrogens is 1. The highest BCUT2D eigenvalue weighted by atomic mass is 79.9. The minimum Gasteiger partial charge on any atom is -0.365 e. The van der Waals surface area contributed by atoms with E-state index in [4.69, 9.17) is 5.73 Å². The van der Waals surface area contributed by atoms with E-state index in [1.165, 1.54) is 6.20 Å². The van der Waals surface area contributed by atoms with Crippen LogP contribution in [0, 0.1) is 17.0 Å². The molecule has 104 valence electrons. The average Bonchev–Trinajstić information content (AvgIpc) is 2.37. The smallest absolute Gasteiger partial charge is 0.291 e. The highest BCUT2D eigenvalue weighted by molar-refractivity contribution is 9.10. The van der Waals surface area contributed by atoms with E-state index in [0.717, 1.165) is 25.7 Å². The minimum absolute atomic E-state index is 0.0189. The molecule has 0 saturated heterocycles. The number of nitrogens with one attached hydrogen (secondary N) is 1. The Labute approximate surface area is 120 Å². The number of pyridine rings is 1. The normalized spacial score (nSPS) is 23.1. The van der Waals surface area contributed by atoms with Crippen LogP contribution in [0.5, 0.6) is 0 Å². The van der Waals surface area contributed by atoms with Crippen molar-refractivity contribution in [3.63, 3.8) is 0 Å². The summed E-state index contributed by atoms with van der Waals surface area (Å²) in [4.78, 5) is 14.5. The van der Waals surface area contributed by atoms with E-state index in [9.17, 15) is 10.1 Å². The number of nitro groups is 1. The predicted molar refractivity (Wildman–Crippen MR) is 77.2 cm³/mol. The second-order valence-corrected chi connectivity index (χ2v) is 5.68. The van der Waals surface area contributed by atoms with Crippen molar-refractivity contribution in [1.29, 1.82) is 0 Å². The van der Waals surface area contributed by atoms with Crippen LogP contribution in [0.2, 0.25) is 0 Å². The van der Waals surface area contributed by atoms with Crippen molar-refractivity contribution in [3.8, 4) is 0 Å². The van der Waals surface area contributed by atoms with E-state index in [-0.39, 0.29) is 17.8 Å². The Bertz CT molecular complexity index is 495. The zero-order valence-corrected chi connectivity index (χ0v) is 12.3. The van der Waals surface area contributed by atoms with Gasteiger partial charge in [0, 0.05) is 17.6 Å². The summed E-state index contributed by atoms with van der Waals surface area (Å²) in [5, 5.41) is 14.1. The molecule has 2 atom stereocenters. The van der Waals surface area contributed by atoms with Gasteiger partial charge in [-0.25, -0.2) is 4.98 Å². The number of hydrogen-bond donors (Lipinski definition) is 2. The lowest BCUT2D eigenvalue weighted by atomic mass is 9.91. The minimum atomic E-state index is -0.427. The molecule has 2 unspecified atom stereocenters. The average molecular weight is 329 g/mol. The van der Waals surface area contributed by atoms with Gasteiger partial charge >= 0.3 is 0 Å². The van der Waals surface area contributed by atoms with Crippen LogP contribution in [0.1, 0.15) is 31.2 Å². The molecule has 0 radical (unpaired) electrons. The van der Waals surface area contributed by atoms with Gasteiger partial charge in [0.15, 0.2) is 0 Å². The fourth-order valence-corrected chi connectivity index (χ4v) is 2.79. The quantitative estimate of drug-likeness (QED) is 0.657. The van der Waals surface area contributed by atoms with E-state index in [1.807, 2.05) is 0 Å². The lowest BCUT2D eigenvalue weighted by Gasteiger charge is -2.30. The van der Waals surface area contributed by atoms with E-state index in [0.29, 0.717) is 15.9 Å². The fourth-order valence-electron chi connectivity index (χ4n) is 2.37. The summed E-state index contributed by atoms with van der Waals surface area (Å²) in [6, 6.07) is 0.288. The first-order chi connectivity index (χ1) is 9.00. The van der Waals surface area contributed by atoms with Crippen LogP contribution in [0.4, 0.5) is 11.5 Å². The zero-order chi connectivity index (χ0) is 14.0. The van der Waals surface area contributed by atoms with Crippen molar-refractivity contribution < 1.29 is 4.92 Å². The van der Waals surface area contributed by atoms with Crippen molar-refractivity contribution in [3.05, 3.63) is 26.3 Å². The third-order valence-corrected chi connectivity index (χ3v) is 4.55. The maximum Gasteiger partial charge on any atom is 0.291 e. The van der Waals surface area contributed by atoms with Crippen molar-refractivity contribution >= 4 is 27.4 Å². The van der Waals surface area contributed by atoms with Gasteiger partial charge in [0.05, 0.1) is 9.40 Å². The summed E-state index contributed by atoms with van der Waals surface area (Å²) in [5.41, 5.74) is 6.67. The van der Waals surface area contributed by atoms with Crippen molar-refractivity contribution in [2.24, 2.45) is 5.73 Å². The molecule has 1 fully saturated rings. The van der Waals surface area contributed by atoms with Crippen molar-refractivity contribution in [2.45, 2.75) is 44.7 Å². The van der Waals surface area contributed by atoms with Crippen molar-refractivity contribution in [2.75, 3.05) is 5.32 Å². The second kappa shape index (κ2) is 5.83. The molecular formula is C12H17BrN4O2. The molecule has 1 aromatic rings. The number of hydrogen-bond acceptors (Lipinski definition) is 5. The number of anilines is 1. The van der Waals surface area contributed by atoms with Crippen LogP contribution in [-0.2, 0) is 0 Å². The van der Waals surface area contributed by atoms with Gasteiger partial charge in [0.2, 0.25) is 0 Å². The molecule has 7 heteroatoms. The van der Waals surface area contributed by atoms with Crippen LogP contribution in [0.3, 0.4) is 0 Å². The summed E-state index contributed by atoms with van der Waals surface area (Å²) < 4.78 is 0.638. The van der Waals surface area contributed by atoms with Gasteiger partial charge in [-0.2, -0.15) is 0 Å². The first kappa shape index (κ1) is 14.2. The molecule has 0 spiro atoms. The Morgan fingerprint density at radius 1 is 1.53 bits per heavy atom. The molecule has 1 saturated carbocycles. The van der Waals surface area contributed by atoms with Gasteiger partial charge in [-0.15, -0.1) is 0 Å². The SMILES string of the molecule is Cc1c([N+](=O)[O-])cnc(NC2CCCCC2N)c1Br. The van der Waals surface area contributed by atoms with Gasteiger partial charge in [-0.05, 0) is 35.7 Å². The summed E-state index contributed by atoms with van der Waals surface area (Å²) in [6.07, 6.45) is 5.60. The summed E-state index contributed by atoms with van der Waals surface area (Å²) >= 11 is 3.38. The van der Waals surface area contributed by atoms with Crippen LogP contribution >= 0.6 is 15.9 Å². The third kappa shape index (κ3) is 3.03. The molecule has 1 aliphatic carbocycles. The van der Waals surface area contributed by atoms with Crippen LogP contribution in [0.15, 0.2) is 10.7 Å². The number of halogens is 1. The van der Waals surface area contributed by atoms with E-state index >= 15 is 0 Å². The Morgan fingerprint density at radius 2 is 2.21 bits per heavy atom. The lowest BCUT2D eigenvalue weighted by Crippen LogP contribution is -2.42. The number of nitrogens with two attached hydrogens (primary N) is 1. The van der Waals surface area contributed by atoms with Gasteiger partial charge in [0.1, 0.15) is 12.0 Å². The Morgan fingerprint density at radius 3 is 2.84 bits per heavy atom. The highest BCUT2D eigenvalue weighted by Gasteiger charge is 2.24. The highest BCUT2D eigenvalue weighted by Crippen LogP contribution is 2.32.